The van der Waals surface area contributed by atoms with Crippen LogP contribution in [0.4, 0.5) is 18.9 Å². The Morgan fingerprint density at radius 1 is 1.04 bits per heavy atom. The molecular weight excluding hydrogens is 363 g/mol. The van der Waals surface area contributed by atoms with Gasteiger partial charge in [-0.3, -0.25) is 9.59 Å². The maximum absolute atomic E-state index is 13.1. The molecule has 0 heterocycles. The van der Waals surface area contributed by atoms with Crippen LogP contribution in [0.1, 0.15) is 43.6 Å². The van der Waals surface area contributed by atoms with E-state index in [0.717, 1.165) is 6.07 Å². The zero-order valence-corrected chi connectivity index (χ0v) is 14.5. The summed E-state index contributed by atoms with van der Waals surface area (Å²) >= 11 is 0. The number of hydrogen-bond acceptors (Lipinski definition) is 4. The van der Waals surface area contributed by atoms with Crippen LogP contribution >= 0.6 is 0 Å². The summed E-state index contributed by atoms with van der Waals surface area (Å²) in [6, 6.07) is 10.2. The van der Waals surface area contributed by atoms with Gasteiger partial charge in [-0.15, -0.1) is 0 Å². The molecule has 142 valence electrons. The number of halogens is 3. The lowest BCUT2D eigenvalue weighted by atomic mass is 9.97. The van der Waals surface area contributed by atoms with Crippen LogP contribution in [0.2, 0.25) is 0 Å². The zero-order valence-electron chi connectivity index (χ0n) is 14.5. The van der Waals surface area contributed by atoms with Crippen molar-refractivity contribution in [1.29, 1.82) is 0 Å². The minimum Gasteiger partial charge on any atom is -0.462 e. The van der Waals surface area contributed by atoms with Crippen molar-refractivity contribution in [3.63, 3.8) is 0 Å². The molecule has 0 aliphatic heterocycles. The second kappa shape index (κ2) is 8.03. The number of amides is 1. The number of aryl methyl sites for hydroxylation is 1. The fourth-order valence-corrected chi connectivity index (χ4v) is 2.40. The molecule has 8 heteroatoms. The van der Waals surface area contributed by atoms with Crippen LogP contribution in [0.3, 0.4) is 0 Å². The molecule has 27 heavy (non-hydrogen) atoms. The summed E-state index contributed by atoms with van der Waals surface area (Å²) in [5.41, 5.74) is -1.50. The Morgan fingerprint density at radius 3 is 2.22 bits per heavy atom. The molecule has 0 radical (unpaired) electrons. The van der Waals surface area contributed by atoms with Crippen molar-refractivity contribution in [3.8, 4) is 0 Å². The average molecular weight is 379 g/mol. The van der Waals surface area contributed by atoms with E-state index < -0.39 is 35.0 Å². The number of esters is 1. The van der Waals surface area contributed by atoms with Crippen LogP contribution in [-0.4, -0.2) is 30.4 Å². The minimum atomic E-state index is -5.23. The number of benzene rings is 2. The highest BCUT2D eigenvalue weighted by atomic mass is 19.4. The molecule has 1 N–H and O–H groups in total. The van der Waals surface area contributed by atoms with Crippen LogP contribution in [-0.2, 0) is 4.74 Å². The molecule has 0 aromatic heterocycles. The highest BCUT2D eigenvalue weighted by Gasteiger charge is 2.43. The first-order chi connectivity index (χ1) is 12.7. The fraction of sp³-hybridized carbons (Fsp3) is 0.211. The van der Waals surface area contributed by atoms with E-state index in [2.05, 4.69) is 5.32 Å². The number of carbonyl (C=O) groups is 3. The minimum absolute atomic E-state index is 0.0853. The maximum Gasteiger partial charge on any atom is 0.454 e. The number of anilines is 1. The molecule has 2 rings (SSSR count). The molecule has 1 amide bonds. The lowest BCUT2D eigenvalue weighted by Gasteiger charge is -2.17. The van der Waals surface area contributed by atoms with Gasteiger partial charge in [0.15, 0.2) is 0 Å². The van der Waals surface area contributed by atoms with E-state index in [1.54, 1.807) is 18.2 Å². The third-order valence-corrected chi connectivity index (χ3v) is 3.67. The number of ketones is 1. The van der Waals surface area contributed by atoms with Crippen molar-refractivity contribution >= 4 is 23.3 Å². The van der Waals surface area contributed by atoms with Gasteiger partial charge < -0.3 is 10.1 Å². The lowest BCUT2D eigenvalue weighted by molar-refractivity contribution is -0.0885. The number of nitrogens with one attached hydrogen (secondary N) is 1. The van der Waals surface area contributed by atoms with E-state index in [9.17, 15) is 27.6 Å². The van der Waals surface area contributed by atoms with Gasteiger partial charge in [-0.05, 0) is 37.6 Å². The Kier molecular flexibility index (Phi) is 5.99. The molecule has 0 aliphatic rings. The first-order valence-electron chi connectivity index (χ1n) is 7.95. The lowest BCUT2D eigenvalue weighted by Crippen LogP contribution is -2.28. The maximum atomic E-state index is 13.1. The smallest absolute Gasteiger partial charge is 0.454 e. The van der Waals surface area contributed by atoms with Gasteiger partial charge in [-0.25, -0.2) is 4.79 Å². The summed E-state index contributed by atoms with van der Waals surface area (Å²) in [4.78, 5) is 36.4. The quantitative estimate of drug-likeness (QED) is 0.625. The summed E-state index contributed by atoms with van der Waals surface area (Å²) < 4.78 is 44.1. The van der Waals surface area contributed by atoms with Gasteiger partial charge in [0.2, 0.25) is 0 Å². The van der Waals surface area contributed by atoms with E-state index in [-0.39, 0.29) is 23.4 Å². The third-order valence-electron chi connectivity index (χ3n) is 3.67. The van der Waals surface area contributed by atoms with Crippen molar-refractivity contribution in [2.75, 3.05) is 11.9 Å². The average Bonchev–Trinajstić information content (AvgIpc) is 2.62. The molecule has 0 bridgehead atoms. The largest absolute Gasteiger partial charge is 0.462 e. The molecule has 0 saturated heterocycles. The molecule has 2 aromatic rings. The van der Waals surface area contributed by atoms with Crippen molar-refractivity contribution in [2.24, 2.45) is 0 Å². The second-order valence-corrected chi connectivity index (χ2v) is 5.55. The molecule has 0 unspecified atom stereocenters. The van der Waals surface area contributed by atoms with E-state index >= 15 is 0 Å². The zero-order chi connectivity index (χ0) is 20.2. The molecular formula is C19H16F3NO4. The Balaban J connectivity index is 2.61. The number of hydrogen-bond donors (Lipinski definition) is 1. The molecule has 0 atom stereocenters. The first-order valence-corrected chi connectivity index (χ1v) is 7.95. The topological polar surface area (TPSA) is 72.5 Å². The number of alkyl halides is 3. The van der Waals surface area contributed by atoms with Gasteiger partial charge in [0, 0.05) is 5.56 Å². The summed E-state index contributed by atoms with van der Waals surface area (Å²) in [6.07, 6.45) is -5.23. The number of Topliss-reactive ketones (excluding diaryl/α,β-unsaturated/α-hetero) is 1. The van der Waals surface area contributed by atoms with Gasteiger partial charge in [0.25, 0.3) is 11.7 Å². The summed E-state index contributed by atoms with van der Waals surface area (Å²) in [6.45, 7) is 2.82. The van der Waals surface area contributed by atoms with Crippen LogP contribution in [0.15, 0.2) is 42.5 Å². The van der Waals surface area contributed by atoms with E-state index in [1.807, 2.05) is 0 Å². The first kappa shape index (κ1) is 20.2. The van der Waals surface area contributed by atoms with Crippen LogP contribution in [0.5, 0.6) is 0 Å². The Morgan fingerprint density at radius 2 is 1.67 bits per heavy atom. The standard InChI is InChI=1S/C19H16F3NO4/c1-3-27-18(26)13-10-9-11(2)15(14(13)16(24)19(20,21)22)23-17(25)12-7-5-4-6-8-12/h4-10H,3H2,1-2H3,(H,23,25). The van der Waals surface area contributed by atoms with E-state index in [1.165, 1.54) is 32.0 Å². The molecule has 0 aliphatic carbocycles. The molecule has 2 aromatic carbocycles. The Bertz CT molecular complexity index is 877. The van der Waals surface area contributed by atoms with Crippen LogP contribution in [0.25, 0.3) is 0 Å². The van der Waals surface area contributed by atoms with Crippen molar-refractivity contribution < 1.29 is 32.3 Å². The van der Waals surface area contributed by atoms with E-state index in [4.69, 9.17) is 4.74 Å². The van der Waals surface area contributed by atoms with Crippen LogP contribution < -0.4 is 5.32 Å². The van der Waals surface area contributed by atoms with Gasteiger partial charge in [-0.1, -0.05) is 24.3 Å². The normalized spacial score (nSPS) is 11.0. The molecule has 0 spiro atoms. The highest BCUT2D eigenvalue weighted by Crippen LogP contribution is 2.32. The summed E-state index contributed by atoms with van der Waals surface area (Å²) in [7, 11) is 0. The highest BCUT2D eigenvalue weighted by molar-refractivity contribution is 6.16. The van der Waals surface area contributed by atoms with Crippen molar-refractivity contribution in [2.45, 2.75) is 20.0 Å². The predicted octanol–water partition coefficient (Wildman–Crippen LogP) is 4.17. The SMILES string of the molecule is CCOC(=O)c1ccc(C)c(NC(=O)c2ccccc2)c1C(=O)C(F)(F)F. The molecule has 5 nitrogen and oxygen atoms in total. The van der Waals surface area contributed by atoms with Gasteiger partial charge in [-0.2, -0.15) is 13.2 Å². The van der Waals surface area contributed by atoms with E-state index in [0.29, 0.717) is 0 Å². The monoisotopic (exact) mass is 379 g/mol. The van der Waals surface area contributed by atoms with Crippen molar-refractivity contribution in [1.82, 2.24) is 0 Å². The number of carbonyl (C=O) groups excluding carboxylic acids is 3. The second-order valence-electron chi connectivity index (χ2n) is 5.55. The van der Waals surface area contributed by atoms with Gasteiger partial charge in [0.05, 0.1) is 23.4 Å². The van der Waals surface area contributed by atoms with Crippen molar-refractivity contribution in [3.05, 3.63) is 64.7 Å². The molecule has 0 fully saturated rings. The predicted molar refractivity (Wildman–Crippen MR) is 91.9 cm³/mol. The molecule has 0 saturated carbocycles. The number of rotatable bonds is 5. The Labute approximate surface area is 153 Å². The van der Waals surface area contributed by atoms with Gasteiger partial charge in [0.1, 0.15) is 0 Å². The fourth-order valence-electron chi connectivity index (χ4n) is 2.40. The van der Waals surface area contributed by atoms with Gasteiger partial charge >= 0.3 is 12.1 Å². The summed E-state index contributed by atoms with van der Waals surface area (Å²) in [5, 5.41) is 2.32. The summed E-state index contributed by atoms with van der Waals surface area (Å²) in [5.74, 6) is -4.03. The van der Waals surface area contributed by atoms with Crippen LogP contribution in [0, 0.1) is 6.92 Å². The number of ether oxygens (including phenoxy) is 1. The third kappa shape index (κ3) is 4.52. The Hall–Kier alpha value is -3.16.